The van der Waals surface area contributed by atoms with Gasteiger partial charge < -0.3 is 10.2 Å². The van der Waals surface area contributed by atoms with Crippen LogP contribution in [0.2, 0.25) is 5.02 Å². The van der Waals surface area contributed by atoms with Gasteiger partial charge in [-0.25, -0.2) is 0 Å². The van der Waals surface area contributed by atoms with Crippen LogP contribution in [-0.4, -0.2) is 28.0 Å². The summed E-state index contributed by atoms with van der Waals surface area (Å²) in [6.07, 6.45) is -1.04. The first kappa shape index (κ1) is 12.4. The van der Waals surface area contributed by atoms with Gasteiger partial charge in [0, 0.05) is 15.7 Å². The van der Waals surface area contributed by atoms with Crippen LogP contribution >= 0.6 is 23.4 Å². The molecule has 0 spiro atoms. The first-order valence-corrected chi connectivity index (χ1v) is 5.72. The average molecular weight is 247 g/mol. The summed E-state index contributed by atoms with van der Waals surface area (Å²) >= 11 is 7.11. The molecule has 2 N–H and O–H groups in total. The molecule has 0 heterocycles. The predicted molar refractivity (Wildman–Crippen MR) is 60.4 cm³/mol. The molecule has 5 heteroatoms. The summed E-state index contributed by atoms with van der Waals surface area (Å²) in [5.41, 5.74) is 0. The Morgan fingerprint density at radius 3 is 2.53 bits per heavy atom. The minimum Gasteiger partial charge on any atom is -0.481 e. The van der Waals surface area contributed by atoms with Gasteiger partial charge in [0.25, 0.3) is 0 Å². The molecule has 0 aromatic heterocycles. The van der Waals surface area contributed by atoms with Gasteiger partial charge in [-0.05, 0) is 24.3 Å². The molecule has 0 aliphatic carbocycles. The highest BCUT2D eigenvalue weighted by Gasteiger charge is 2.09. The van der Waals surface area contributed by atoms with Gasteiger partial charge in [-0.3, -0.25) is 4.79 Å². The standard InChI is InChI=1S/C10H11ClO3S/c11-7-1-3-9(4-2-7)15-6-8(12)5-10(13)14/h1-4,8,12H,5-6H2,(H,13,14)/t8-/m1/s1. The van der Waals surface area contributed by atoms with Crippen molar-refractivity contribution in [3.63, 3.8) is 0 Å². The van der Waals surface area contributed by atoms with E-state index in [1.807, 2.05) is 12.1 Å². The lowest BCUT2D eigenvalue weighted by atomic mass is 10.3. The number of aliphatic carboxylic acids is 1. The Morgan fingerprint density at radius 2 is 2.00 bits per heavy atom. The third-order valence-electron chi connectivity index (χ3n) is 1.67. The molecule has 0 radical (unpaired) electrons. The Labute approximate surface area is 97.1 Å². The van der Waals surface area contributed by atoms with Gasteiger partial charge in [-0.2, -0.15) is 0 Å². The fourth-order valence-electron chi connectivity index (χ4n) is 0.984. The van der Waals surface area contributed by atoms with E-state index in [4.69, 9.17) is 16.7 Å². The van der Waals surface area contributed by atoms with Crippen LogP contribution in [0, 0.1) is 0 Å². The van der Waals surface area contributed by atoms with E-state index in [9.17, 15) is 9.90 Å². The summed E-state index contributed by atoms with van der Waals surface area (Å²) in [5.74, 6) is -0.618. The topological polar surface area (TPSA) is 57.5 Å². The second kappa shape index (κ2) is 6.00. The lowest BCUT2D eigenvalue weighted by Gasteiger charge is -2.07. The highest BCUT2D eigenvalue weighted by Crippen LogP contribution is 2.21. The zero-order valence-corrected chi connectivity index (χ0v) is 9.46. The molecule has 0 fully saturated rings. The maximum atomic E-state index is 10.3. The van der Waals surface area contributed by atoms with E-state index in [-0.39, 0.29) is 6.42 Å². The lowest BCUT2D eigenvalue weighted by Crippen LogP contribution is -2.15. The van der Waals surface area contributed by atoms with E-state index < -0.39 is 12.1 Å². The molecule has 0 aliphatic heterocycles. The van der Waals surface area contributed by atoms with E-state index in [0.29, 0.717) is 10.8 Å². The number of aliphatic hydroxyl groups excluding tert-OH is 1. The minimum absolute atomic E-state index is 0.222. The molecule has 3 nitrogen and oxygen atoms in total. The normalized spacial score (nSPS) is 12.4. The monoisotopic (exact) mass is 246 g/mol. The van der Waals surface area contributed by atoms with E-state index >= 15 is 0 Å². The van der Waals surface area contributed by atoms with Crippen LogP contribution < -0.4 is 0 Å². The molecule has 0 unspecified atom stereocenters. The minimum atomic E-state index is -0.987. The van der Waals surface area contributed by atoms with E-state index in [1.54, 1.807) is 12.1 Å². The van der Waals surface area contributed by atoms with Crippen molar-refractivity contribution in [2.75, 3.05) is 5.75 Å². The van der Waals surface area contributed by atoms with E-state index in [1.165, 1.54) is 11.8 Å². The van der Waals surface area contributed by atoms with Gasteiger partial charge in [-0.1, -0.05) is 11.6 Å². The molecule has 82 valence electrons. The molecule has 0 saturated heterocycles. The van der Waals surface area contributed by atoms with Gasteiger partial charge in [0.05, 0.1) is 12.5 Å². The van der Waals surface area contributed by atoms with Gasteiger partial charge in [0.15, 0.2) is 0 Å². The quantitative estimate of drug-likeness (QED) is 0.783. The summed E-state index contributed by atoms with van der Waals surface area (Å²) in [7, 11) is 0. The number of carboxylic acids is 1. The second-order valence-corrected chi connectivity index (χ2v) is 4.55. The predicted octanol–water partition coefficient (Wildman–Crippen LogP) is 2.27. The van der Waals surface area contributed by atoms with Gasteiger partial charge in [0.1, 0.15) is 0 Å². The van der Waals surface area contributed by atoms with Crippen molar-refractivity contribution in [2.24, 2.45) is 0 Å². The Kier molecular flexibility index (Phi) is 4.94. The van der Waals surface area contributed by atoms with Gasteiger partial charge in [0.2, 0.25) is 0 Å². The van der Waals surface area contributed by atoms with Crippen molar-refractivity contribution < 1.29 is 15.0 Å². The van der Waals surface area contributed by atoms with Crippen molar-refractivity contribution >= 4 is 29.3 Å². The molecular weight excluding hydrogens is 236 g/mol. The first-order valence-electron chi connectivity index (χ1n) is 4.36. The Bertz CT molecular complexity index is 326. The first-order chi connectivity index (χ1) is 7.08. The highest BCUT2D eigenvalue weighted by atomic mass is 35.5. The average Bonchev–Trinajstić information content (AvgIpc) is 2.16. The summed E-state index contributed by atoms with van der Waals surface area (Å²) < 4.78 is 0. The maximum absolute atomic E-state index is 10.3. The molecule has 1 aromatic carbocycles. The third kappa shape index (κ3) is 5.06. The van der Waals surface area contributed by atoms with E-state index in [0.717, 1.165) is 4.90 Å². The molecule has 0 bridgehead atoms. The number of carbonyl (C=O) groups is 1. The van der Waals surface area contributed by atoms with Crippen LogP contribution in [0.15, 0.2) is 29.2 Å². The van der Waals surface area contributed by atoms with Crippen LogP contribution in [0.3, 0.4) is 0 Å². The number of rotatable bonds is 5. The van der Waals surface area contributed by atoms with Crippen molar-refractivity contribution in [1.82, 2.24) is 0 Å². The summed E-state index contributed by atoms with van der Waals surface area (Å²) in [4.78, 5) is 11.2. The SMILES string of the molecule is O=C(O)C[C@@H](O)CSc1ccc(Cl)cc1. The summed E-state index contributed by atoms with van der Waals surface area (Å²) in [6, 6.07) is 7.18. The molecule has 0 saturated carbocycles. The molecule has 0 amide bonds. The fraction of sp³-hybridized carbons (Fsp3) is 0.300. The Morgan fingerprint density at radius 1 is 1.40 bits per heavy atom. The van der Waals surface area contributed by atoms with Gasteiger partial charge >= 0.3 is 5.97 Å². The maximum Gasteiger partial charge on any atom is 0.306 e. The zero-order chi connectivity index (χ0) is 11.3. The van der Waals surface area contributed by atoms with Crippen LogP contribution in [0.1, 0.15) is 6.42 Å². The van der Waals surface area contributed by atoms with Gasteiger partial charge in [-0.15, -0.1) is 11.8 Å². The molecule has 1 atom stereocenters. The van der Waals surface area contributed by atoms with Crippen molar-refractivity contribution in [1.29, 1.82) is 0 Å². The third-order valence-corrected chi connectivity index (χ3v) is 3.08. The molecule has 1 aromatic rings. The fourth-order valence-corrected chi connectivity index (χ4v) is 1.94. The molecular formula is C10H11ClO3S. The number of halogens is 1. The van der Waals surface area contributed by atoms with E-state index in [2.05, 4.69) is 0 Å². The number of thioether (sulfide) groups is 1. The highest BCUT2D eigenvalue weighted by molar-refractivity contribution is 7.99. The number of aliphatic hydroxyl groups is 1. The number of hydrogen-bond donors (Lipinski definition) is 2. The molecule has 0 aliphatic rings. The van der Waals surface area contributed by atoms with Crippen LogP contribution in [-0.2, 0) is 4.79 Å². The number of hydrogen-bond acceptors (Lipinski definition) is 3. The van der Waals surface area contributed by atoms with Crippen LogP contribution in [0.4, 0.5) is 0 Å². The Balaban J connectivity index is 2.36. The molecule has 15 heavy (non-hydrogen) atoms. The molecule has 1 rings (SSSR count). The van der Waals surface area contributed by atoms with Crippen LogP contribution in [0.25, 0.3) is 0 Å². The largest absolute Gasteiger partial charge is 0.481 e. The van der Waals surface area contributed by atoms with Crippen molar-refractivity contribution in [3.05, 3.63) is 29.3 Å². The van der Waals surface area contributed by atoms with Crippen LogP contribution in [0.5, 0.6) is 0 Å². The van der Waals surface area contributed by atoms with Crippen molar-refractivity contribution in [2.45, 2.75) is 17.4 Å². The second-order valence-electron chi connectivity index (χ2n) is 3.02. The van der Waals surface area contributed by atoms with Crippen molar-refractivity contribution in [3.8, 4) is 0 Å². The summed E-state index contributed by atoms with van der Waals surface area (Å²) in [5, 5.41) is 18.4. The Hall–Kier alpha value is -0.710. The number of carboxylic acid groups (broad SMARTS) is 1. The summed E-state index contributed by atoms with van der Waals surface area (Å²) in [6.45, 7) is 0. The number of benzene rings is 1. The smallest absolute Gasteiger partial charge is 0.306 e. The zero-order valence-electron chi connectivity index (χ0n) is 7.89. The lowest BCUT2D eigenvalue weighted by molar-refractivity contribution is -0.138.